The maximum absolute atomic E-state index is 6.50. The van der Waals surface area contributed by atoms with Crippen molar-refractivity contribution in [2.45, 2.75) is 76.7 Å². The van der Waals surface area contributed by atoms with Gasteiger partial charge >= 0.3 is 0 Å². The van der Waals surface area contributed by atoms with E-state index < -0.39 is 0 Å². The van der Waals surface area contributed by atoms with Gasteiger partial charge in [0.25, 0.3) is 0 Å². The predicted octanol–water partition coefficient (Wildman–Crippen LogP) is 4.45. The van der Waals surface area contributed by atoms with Gasteiger partial charge in [-0.15, -0.1) is 0 Å². The lowest BCUT2D eigenvalue weighted by molar-refractivity contribution is -0.00522. The van der Waals surface area contributed by atoms with Crippen LogP contribution < -0.4 is 5.32 Å². The van der Waals surface area contributed by atoms with Crippen molar-refractivity contribution < 1.29 is 4.74 Å². The molecule has 0 spiro atoms. The van der Waals surface area contributed by atoms with Crippen LogP contribution >= 0.6 is 0 Å². The van der Waals surface area contributed by atoms with Crippen molar-refractivity contribution in [3.05, 3.63) is 11.1 Å². The minimum atomic E-state index is 0.554. The van der Waals surface area contributed by atoms with E-state index in [9.17, 15) is 0 Å². The molecule has 2 aliphatic heterocycles. The van der Waals surface area contributed by atoms with E-state index >= 15 is 0 Å². The highest BCUT2D eigenvalue weighted by molar-refractivity contribution is 5.25. The molecule has 124 valence electrons. The van der Waals surface area contributed by atoms with Crippen LogP contribution in [0.5, 0.6) is 0 Å². The zero-order valence-corrected chi connectivity index (χ0v) is 14.1. The topological polar surface area (TPSA) is 21.3 Å². The van der Waals surface area contributed by atoms with Gasteiger partial charge in [0.2, 0.25) is 0 Å². The molecule has 2 aliphatic carbocycles. The number of rotatable bonds is 0. The SMILES string of the molecule is C1CCC2COC3CCCCC3C(=C3CCNCC3)C2CC1. The maximum Gasteiger partial charge on any atom is 0.0640 e. The van der Waals surface area contributed by atoms with Gasteiger partial charge in [0.05, 0.1) is 12.7 Å². The van der Waals surface area contributed by atoms with Crippen LogP contribution in [0.25, 0.3) is 0 Å². The molecule has 2 saturated carbocycles. The second kappa shape index (κ2) is 7.05. The van der Waals surface area contributed by atoms with Crippen LogP contribution in [-0.4, -0.2) is 25.8 Å². The van der Waals surface area contributed by atoms with Gasteiger partial charge in [0.15, 0.2) is 0 Å². The minimum absolute atomic E-state index is 0.554. The van der Waals surface area contributed by atoms with Gasteiger partial charge in [0.1, 0.15) is 0 Å². The molecule has 2 heterocycles. The van der Waals surface area contributed by atoms with Crippen LogP contribution in [0.15, 0.2) is 11.1 Å². The predicted molar refractivity (Wildman–Crippen MR) is 90.9 cm³/mol. The van der Waals surface area contributed by atoms with Crippen molar-refractivity contribution in [3.8, 4) is 0 Å². The van der Waals surface area contributed by atoms with E-state index in [1.165, 1.54) is 83.7 Å². The maximum atomic E-state index is 6.50. The summed E-state index contributed by atoms with van der Waals surface area (Å²) < 4.78 is 6.50. The molecule has 2 heteroatoms. The Hall–Kier alpha value is -0.340. The molecule has 4 rings (SSSR count). The molecule has 22 heavy (non-hydrogen) atoms. The van der Waals surface area contributed by atoms with Gasteiger partial charge in [-0.25, -0.2) is 0 Å². The summed E-state index contributed by atoms with van der Waals surface area (Å²) in [5, 5.41) is 3.56. The van der Waals surface area contributed by atoms with Crippen molar-refractivity contribution in [1.82, 2.24) is 5.32 Å². The smallest absolute Gasteiger partial charge is 0.0640 e. The molecule has 0 aromatic carbocycles. The molecular formula is C20H33NO. The van der Waals surface area contributed by atoms with E-state index in [0.717, 1.165) is 24.4 Å². The number of ether oxygens (including phenoxy) is 1. The van der Waals surface area contributed by atoms with Crippen LogP contribution in [0.1, 0.15) is 70.6 Å². The highest BCUT2D eigenvalue weighted by Gasteiger charge is 2.40. The molecular weight excluding hydrogens is 270 g/mol. The van der Waals surface area contributed by atoms with Gasteiger partial charge in [-0.3, -0.25) is 0 Å². The fraction of sp³-hybridized carbons (Fsp3) is 0.900. The average molecular weight is 303 g/mol. The molecule has 1 N–H and O–H groups in total. The summed E-state index contributed by atoms with van der Waals surface area (Å²) in [7, 11) is 0. The molecule has 0 aromatic heterocycles. The number of nitrogens with one attached hydrogen (secondary N) is 1. The third-order valence-electron chi connectivity index (χ3n) is 6.80. The fourth-order valence-electron chi connectivity index (χ4n) is 5.71. The van der Waals surface area contributed by atoms with E-state index in [-0.39, 0.29) is 0 Å². The molecule has 4 atom stereocenters. The van der Waals surface area contributed by atoms with Crippen LogP contribution in [0.2, 0.25) is 0 Å². The van der Waals surface area contributed by atoms with E-state index in [2.05, 4.69) is 5.32 Å². The minimum Gasteiger partial charge on any atom is -0.377 e. The Morgan fingerprint density at radius 2 is 1.50 bits per heavy atom. The largest absolute Gasteiger partial charge is 0.377 e. The van der Waals surface area contributed by atoms with Crippen molar-refractivity contribution in [3.63, 3.8) is 0 Å². The zero-order valence-electron chi connectivity index (χ0n) is 14.1. The average Bonchev–Trinajstić information content (AvgIpc) is 2.88. The summed E-state index contributed by atoms with van der Waals surface area (Å²) in [5.74, 6) is 2.46. The molecule has 4 unspecified atom stereocenters. The Morgan fingerprint density at radius 1 is 0.773 bits per heavy atom. The van der Waals surface area contributed by atoms with Crippen molar-refractivity contribution in [2.24, 2.45) is 17.8 Å². The first-order valence-electron chi connectivity index (χ1n) is 9.97. The van der Waals surface area contributed by atoms with Crippen LogP contribution in [0.3, 0.4) is 0 Å². The first-order chi connectivity index (χ1) is 10.9. The standard InChI is InChI=1S/C20H33NO/c1-2-6-16-14-22-19-9-5-4-8-18(19)20(17(16)7-3-1)15-10-12-21-13-11-15/h16-19,21H,1-14H2. The van der Waals surface area contributed by atoms with Crippen molar-refractivity contribution in [1.29, 1.82) is 0 Å². The van der Waals surface area contributed by atoms with E-state index in [1.54, 1.807) is 0 Å². The number of piperidine rings is 1. The van der Waals surface area contributed by atoms with Crippen molar-refractivity contribution in [2.75, 3.05) is 19.7 Å². The lowest BCUT2D eigenvalue weighted by Gasteiger charge is -2.36. The summed E-state index contributed by atoms with van der Waals surface area (Å²) in [6.45, 7) is 3.46. The molecule has 0 bridgehead atoms. The van der Waals surface area contributed by atoms with Crippen LogP contribution in [-0.2, 0) is 4.74 Å². The number of hydrogen-bond acceptors (Lipinski definition) is 2. The summed E-state index contributed by atoms with van der Waals surface area (Å²) in [6, 6.07) is 0. The van der Waals surface area contributed by atoms with Crippen molar-refractivity contribution >= 4 is 0 Å². The first kappa shape index (κ1) is 15.2. The fourth-order valence-corrected chi connectivity index (χ4v) is 5.71. The van der Waals surface area contributed by atoms with Gasteiger partial charge in [-0.05, 0) is 63.5 Å². The normalized spacial score (nSPS) is 40.4. The van der Waals surface area contributed by atoms with E-state index in [0.29, 0.717) is 6.10 Å². The lowest BCUT2D eigenvalue weighted by Crippen LogP contribution is -2.32. The Kier molecular flexibility index (Phi) is 4.87. The molecule has 4 fully saturated rings. The van der Waals surface area contributed by atoms with Gasteiger partial charge in [0, 0.05) is 5.92 Å². The zero-order chi connectivity index (χ0) is 14.8. The second-order valence-electron chi connectivity index (χ2n) is 8.08. The Labute approximate surface area is 136 Å². The van der Waals surface area contributed by atoms with Gasteiger partial charge in [-0.2, -0.15) is 0 Å². The molecule has 0 radical (unpaired) electrons. The molecule has 0 aromatic rings. The summed E-state index contributed by atoms with van der Waals surface area (Å²) in [5.41, 5.74) is 3.77. The third-order valence-corrected chi connectivity index (χ3v) is 6.80. The quantitative estimate of drug-likeness (QED) is 0.667. The molecule has 2 saturated heterocycles. The highest BCUT2D eigenvalue weighted by atomic mass is 16.5. The van der Waals surface area contributed by atoms with Crippen LogP contribution in [0.4, 0.5) is 0 Å². The third kappa shape index (κ3) is 3.01. The Balaban J connectivity index is 1.71. The lowest BCUT2D eigenvalue weighted by atomic mass is 9.70. The second-order valence-corrected chi connectivity index (χ2v) is 8.08. The van der Waals surface area contributed by atoms with Crippen LogP contribution in [0, 0.1) is 17.8 Å². The Morgan fingerprint density at radius 3 is 2.41 bits per heavy atom. The van der Waals surface area contributed by atoms with Gasteiger partial charge < -0.3 is 10.1 Å². The molecule has 0 amide bonds. The summed E-state index contributed by atoms with van der Waals surface area (Å²) in [4.78, 5) is 0. The van der Waals surface area contributed by atoms with E-state index in [4.69, 9.17) is 4.74 Å². The Bertz CT molecular complexity index is 408. The van der Waals surface area contributed by atoms with Gasteiger partial charge in [-0.1, -0.05) is 43.3 Å². The highest BCUT2D eigenvalue weighted by Crippen LogP contribution is 2.47. The molecule has 4 aliphatic rings. The summed E-state index contributed by atoms with van der Waals surface area (Å²) >= 11 is 0. The number of hydrogen-bond donors (Lipinski definition) is 1. The number of fused-ring (bicyclic) bond motifs is 2. The van der Waals surface area contributed by atoms with E-state index in [1.807, 2.05) is 11.1 Å². The first-order valence-corrected chi connectivity index (χ1v) is 9.97. The molecule has 2 nitrogen and oxygen atoms in total. The summed E-state index contributed by atoms with van der Waals surface area (Å²) in [6.07, 6.45) is 15.9. The monoisotopic (exact) mass is 303 g/mol.